The van der Waals surface area contributed by atoms with Crippen molar-refractivity contribution < 1.29 is 14.3 Å². The van der Waals surface area contributed by atoms with Crippen molar-refractivity contribution in [3.05, 3.63) is 69.2 Å². The Bertz CT molecular complexity index is 1340. The molecule has 0 atom stereocenters. The smallest absolute Gasteiger partial charge is 0.407 e. The van der Waals surface area contributed by atoms with Gasteiger partial charge in [0.05, 0.1) is 10.7 Å². The molecule has 172 valence electrons. The van der Waals surface area contributed by atoms with E-state index in [1.807, 2.05) is 26.8 Å². The molecule has 0 spiro atoms. The first-order valence-electron chi connectivity index (χ1n) is 10.7. The summed E-state index contributed by atoms with van der Waals surface area (Å²) >= 11 is 6.59. The molecule has 0 saturated heterocycles. The number of hydrogen-bond donors (Lipinski definition) is 1. The van der Waals surface area contributed by atoms with Gasteiger partial charge in [-0.2, -0.15) is 0 Å². The molecule has 0 bridgehead atoms. The van der Waals surface area contributed by atoms with E-state index in [0.29, 0.717) is 36.1 Å². The van der Waals surface area contributed by atoms with Crippen LogP contribution >= 0.6 is 11.6 Å². The van der Waals surface area contributed by atoms with E-state index in [9.17, 15) is 19.1 Å². The highest BCUT2D eigenvalue weighted by Crippen LogP contribution is 2.35. The summed E-state index contributed by atoms with van der Waals surface area (Å²) in [6, 6.07) is 9.55. The minimum atomic E-state index is -0.977. The minimum absolute atomic E-state index is 0.205. The first kappa shape index (κ1) is 23.0. The van der Waals surface area contributed by atoms with E-state index in [0.717, 1.165) is 5.57 Å². The molecule has 1 aliphatic heterocycles. The molecule has 6 nitrogen and oxygen atoms in total. The predicted molar refractivity (Wildman–Crippen MR) is 128 cm³/mol. The summed E-state index contributed by atoms with van der Waals surface area (Å²) in [6.07, 6.45) is 1.31. The number of halogens is 2. The number of benzene rings is 1. The van der Waals surface area contributed by atoms with Gasteiger partial charge in [-0.15, -0.1) is 0 Å². The second-order valence-corrected chi connectivity index (χ2v) is 9.83. The van der Waals surface area contributed by atoms with Crippen LogP contribution in [-0.4, -0.2) is 38.7 Å². The van der Waals surface area contributed by atoms with Crippen LogP contribution in [0.4, 0.5) is 9.18 Å². The van der Waals surface area contributed by atoms with Gasteiger partial charge in [0.25, 0.3) is 5.56 Å². The van der Waals surface area contributed by atoms with Crippen molar-refractivity contribution in [2.45, 2.75) is 33.7 Å². The van der Waals surface area contributed by atoms with E-state index in [-0.39, 0.29) is 33.8 Å². The third-order valence-electron chi connectivity index (χ3n) is 5.62. The van der Waals surface area contributed by atoms with E-state index in [4.69, 9.17) is 16.6 Å². The van der Waals surface area contributed by atoms with Crippen LogP contribution in [0.2, 0.25) is 5.02 Å². The van der Waals surface area contributed by atoms with Crippen molar-refractivity contribution in [3.63, 3.8) is 0 Å². The van der Waals surface area contributed by atoms with Crippen LogP contribution in [0.25, 0.3) is 27.9 Å². The molecule has 0 unspecified atom stereocenters. The van der Waals surface area contributed by atoms with Gasteiger partial charge < -0.3 is 10.0 Å². The summed E-state index contributed by atoms with van der Waals surface area (Å²) in [5.74, 6) is -0.448. The molecule has 8 heteroatoms. The van der Waals surface area contributed by atoms with Crippen molar-refractivity contribution in [2.24, 2.45) is 5.41 Å². The lowest BCUT2D eigenvalue weighted by Crippen LogP contribution is -2.33. The van der Waals surface area contributed by atoms with Crippen molar-refractivity contribution >= 4 is 34.3 Å². The predicted octanol–water partition coefficient (Wildman–Crippen LogP) is 5.67. The molecule has 33 heavy (non-hydrogen) atoms. The van der Waals surface area contributed by atoms with Gasteiger partial charge in [0.1, 0.15) is 11.5 Å². The fourth-order valence-electron chi connectivity index (χ4n) is 4.09. The highest BCUT2D eigenvalue weighted by molar-refractivity contribution is 6.33. The Kier molecular flexibility index (Phi) is 6.01. The molecule has 1 aliphatic rings. The van der Waals surface area contributed by atoms with E-state index in [1.165, 1.54) is 11.0 Å². The van der Waals surface area contributed by atoms with Gasteiger partial charge in [-0.05, 0) is 41.2 Å². The Morgan fingerprint density at radius 2 is 1.94 bits per heavy atom. The van der Waals surface area contributed by atoms with Gasteiger partial charge in [0, 0.05) is 36.7 Å². The summed E-state index contributed by atoms with van der Waals surface area (Å²) in [7, 11) is 0. The molecule has 0 fully saturated rings. The molecule has 2 aromatic heterocycles. The summed E-state index contributed by atoms with van der Waals surface area (Å²) < 4.78 is 16.2. The number of amides is 1. The average Bonchev–Trinajstić information content (AvgIpc) is 2.75. The molecule has 3 aromatic rings. The molecule has 0 saturated carbocycles. The van der Waals surface area contributed by atoms with Crippen LogP contribution in [-0.2, 0) is 6.54 Å². The maximum absolute atomic E-state index is 14.5. The number of carbonyl (C=O) groups is 1. The van der Waals surface area contributed by atoms with Gasteiger partial charge in [0.2, 0.25) is 0 Å². The summed E-state index contributed by atoms with van der Waals surface area (Å²) in [5, 5.41) is 10.2. The van der Waals surface area contributed by atoms with Crippen molar-refractivity contribution in [1.82, 2.24) is 14.5 Å². The highest BCUT2D eigenvalue weighted by atomic mass is 35.5. The number of fused-ring (bicyclic) bond motifs is 1. The van der Waals surface area contributed by atoms with Crippen LogP contribution in [0.5, 0.6) is 0 Å². The van der Waals surface area contributed by atoms with Crippen molar-refractivity contribution in [3.8, 4) is 11.3 Å². The van der Waals surface area contributed by atoms with Crippen molar-refractivity contribution in [2.75, 3.05) is 13.1 Å². The van der Waals surface area contributed by atoms with Crippen LogP contribution in [0.1, 0.15) is 32.8 Å². The maximum Gasteiger partial charge on any atom is 0.407 e. The maximum atomic E-state index is 14.5. The summed E-state index contributed by atoms with van der Waals surface area (Å²) in [5.41, 5.74) is 2.09. The van der Waals surface area contributed by atoms with Crippen LogP contribution in [0, 0.1) is 11.2 Å². The van der Waals surface area contributed by atoms with E-state index in [1.54, 1.807) is 34.9 Å². The van der Waals surface area contributed by atoms with Crippen LogP contribution < -0.4 is 5.56 Å². The molecule has 1 aromatic carbocycles. The SMILES string of the molecule is CC(C)(C)Cn1c(=O)cc(C2=CCN(C(=O)O)CC2)c2cc(Cl)c(-c3ccccc3F)nc21. The molecular formula is C25H25ClFN3O3. The fourth-order valence-corrected chi connectivity index (χ4v) is 4.34. The van der Waals surface area contributed by atoms with Gasteiger partial charge in [-0.25, -0.2) is 14.2 Å². The normalized spacial score (nSPS) is 14.5. The van der Waals surface area contributed by atoms with E-state index in [2.05, 4.69) is 0 Å². The number of carboxylic acid groups (broad SMARTS) is 1. The quantitative estimate of drug-likeness (QED) is 0.536. The first-order chi connectivity index (χ1) is 15.5. The summed E-state index contributed by atoms with van der Waals surface area (Å²) in [6.45, 7) is 7.07. The lowest BCUT2D eigenvalue weighted by atomic mass is 9.94. The standard InChI is InChI=1S/C25H25ClFN3O3/c1-25(2,3)14-30-21(31)13-17(15-8-10-29(11-9-15)24(32)33)18-12-19(26)22(28-23(18)30)16-6-4-5-7-20(16)27/h4-8,12-13H,9-11,14H2,1-3H3,(H,32,33). The Morgan fingerprint density at radius 1 is 1.21 bits per heavy atom. The fraction of sp³-hybridized carbons (Fsp3) is 0.320. The van der Waals surface area contributed by atoms with Crippen LogP contribution in [0.15, 0.2) is 47.3 Å². The molecular weight excluding hydrogens is 445 g/mol. The zero-order valence-corrected chi connectivity index (χ0v) is 19.5. The zero-order chi connectivity index (χ0) is 23.9. The third-order valence-corrected chi connectivity index (χ3v) is 5.91. The molecule has 4 rings (SSSR count). The third kappa shape index (κ3) is 4.64. The number of pyridine rings is 2. The lowest BCUT2D eigenvalue weighted by molar-refractivity contribution is 0.150. The number of aromatic nitrogens is 2. The Balaban J connectivity index is 1.97. The highest BCUT2D eigenvalue weighted by Gasteiger charge is 2.23. The Hall–Kier alpha value is -3.19. The first-order valence-corrected chi connectivity index (χ1v) is 11.1. The van der Waals surface area contributed by atoms with Gasteiger partial charge in [-0.3, -0.25) is 9.36 Å². The second-order valence-electron chi connectivity index (χ2n) is 9.42. The molecule has 0 radical (unpaired) electrons. The Morgan fingerprint density at radius 3 is 2.55 bits per heavy atom. The minimum Gasteiger partial charge on any atom is -0.465 e. The van der Waals surface area contributed by atoms with E-state index < -0.39 is 11.9 Å². The monoisotopic (exact) mass is 469 g/mol. The molecule has 0 aliphatic carbocycles. The number of rotatable bonds is 3. The van der Waals surface area contributed by atoms with Crippen LogP contribution in [0.3, 0.4) is 0 Å². The number of nitrogens with zero attached hydrogens (tertiary/aromatic N) is 3. The Labute approximate surface area is 195 Å². The molecule has 3 heterocycles. The molecule has 1 N–H and O–H groups in total. The van der Waals surface area contributed by atoms with E-state index >= 15 is 0 Å². The van der Waals surface area contributed by atoms with Gasteiger partial charge in [0.15, 0.2) is 0 Å². The average molecular weight is 470 g/mol. The largest absolute Gasteiger partial charge is 0.465 e. The second kappa shape index (κ2) is 8.63. The summed E-state index contributed by atoms with van der Waals surface area (Å²) in [4.78, 5) is 30.5. The van der Waals surface area contributed by atoms with Gasteiger partial charge >= 0.3 is 6.09 Å². The zero-order valence-electron chi connectivity index (χ0n) is 18.7. The topological polar surface area (TPSA) is 75.4 Å². The lowest BCUT2D eigenvalue weighted by Gasteiger charge is -2.26. The molecule has 1 amide bonds. The van der Waals surface area contributed by atoms with Gasteiger partial charge in [-0.1, -0.05) is 50.6 Å². The number of hydrogen-bond acceptors (Lipinski definition) is 3. The van der Waals surface area contributed by atoms with Crippen molar-refractivity contribution in [1.29, 1.82) is 0 Å².